The lowest BCUT2D eigenvalue weighted by Gasteiger charge is -2.33. The van der Waals surface area contributed by atoms with Gasteiger partial charge in [-0.25, -0.2) is 0 Å². The summed E-state index contributed by atoms with van der Waals surface area (Å²) >= 11 is 6.80. The van der Waals surface area contributed by atoms with Crippen molar-refractivity contribution in [1.29, 1.82) is 0 Å². The summed E-state index contributed by atoms with van der Waals surface area (Å²) in [5.74, 6) is 0.814. The molecule has 0 aliphatic carbocycles. The first-order valence-corrected chi connectivity index (χ1v) is 8.27. The summed E-state index contributed by atoms with van der Waals surface area (Å²) in [6.07, 6.45) is 2.68. The van der Waals surface area contributed by atoms with Gasteiger partial charge >= 0.3 is 0 Å². The molecule has 1 aliphatic rings. The Morgan fingerprint density at radius 2 is 1.80 bits per heavy atom. The lowest BCUT2D eigenvalue weighted by Crippen LogP contribution is -2.36. The molecule has 1 nitrogen and oxygen atoms in total. The van der Waals surface area contributed by atoms with E-state index in [-0.39, 0.29) is 5.38 Å². The van der Waals surface area contributed by atoms with Gasteiger partial charge in [0.2, 0.25) is 0 Å². The zero-order chi connectivity index (χ0) is 14.9. The molecule has 112 valence electrons. The maximum absolute atomic E-state index is 6.80. The zero-order valence-corrected chi connectivity index (χ0v) is 14.3. The quantitative estimate of drug-likeness (QED) is 0.714. The third-order valence-electron chi connectivity index (χ3n) is 4.90. The van der Waals surface area contributed by atoms with Crippen LogP contribution in [-0.4, -0.2) is 24.5 Å². The van der Waals surface area contributed by atoms with E-state index in [9.17, 15) is 0 Å². The number of rotatable bonds is 3. The Kier molecular flexibility index (Phi) is 5.14. The van der Waals surface area contributed by atoms with Crippen molar-refractivity contribution in [1.82, 2.24) is 4.90 Å². The lowest BCUT2D eigenvalue weighted by atomic mass is 9.91. The molecule has 0 saturated carbocycles. The zero-order valence-electron chi connectivity index (χ0n) is 13.6. The van der Waals surface area contributed by atoms with Crippen molar-refractivity contribution >= 4 is 11.6 Å². The first-order valence-electron chi connectivity index (χ1n) is 7.84. The van der Waals surface area contributed by atoms with E-state index in [0.717, 1.165) is 12.5 Å². The number of hydrogen-bond donors (Lipinski definition) is 0. The number of aryl methyl sites for hydroxylation is 2. The molecule has 0 aromatic heterocycles. The van der Waals surface area contributed by atoms with Crippen LogP contribution in [0.1, 0.15) is 53.0 Å². The minimum Gasteiger partial charge on any atom is -0.301 e. The fourth-order valence-electron chi connectivity index (χ4n) is 3.49. The Balaban J connectivity index is 2.18. The number of benzene rings is 1. The highest BCUT2D eigenvalue weighted by Crippen LogP contribution is 2.32. The van der Waals surface area contributed by atoms with Crippen LogP contribution in [0, 0.1) is 33.6 Å². The van der Waals surface area contributed by atoms with Gasteiger partial charge in [0.15, 0.2) is 0 Å². The van der Waals surface area contributed by atoms with Crippen molar-refractivity contribution in [2.75, 3.05) is 19.6 Å². The molecule has 1 saturated heterocycles. The van der Waals surface area contributed by atoms with Gasteiger partial charge in [0.25, 0.3) is 0 Å². The average Bonchev–Trinajstić information content (AvgIpc) is 2.36. The summed E-state index contributed by atoms with van der Waals surface area (Å²) in [6.45, 7) is 14.5. The van der Waals surface area contributed by atoms with Crippen LogP contribution in [0.5, 0.6) is 0 Å². The molecular weight excluding hydrogens is 266 g/mol. The fraction of sp³-hybridized carbons (Fsp3) is 0.667. The van der Waals surface area contributed by atoms with Crippen LogP contribution in [0.25, 0.3) is 0 Å². The smallest absolute Gasteiger partial charge is 0.0717 e. The Morgan fingerprint density at radius 3 is 2.35 bits per heavy atom. The van der Waals surface area contributed by atoms with Crippen molar-refractivity contribution in [3.63, 3.8) is 0 Å². The predicted octanol–water partition coefficient (Wildman–Crippen LogP) is 4.93. The number of nitrogens with zero attached hydrogens (tertiary/aromatic N) is 1. The van der Waals surface area contributed by atoms with E-state index in [1.54, 1.807) is 0 Å². The molecule has 0 N–H and O–H groups in total. The highest BCUT2D eigenvalue weighted by molar-refractivity contribution is 6.21. The molecule has 1 aromatic rings. The van der Waals surface area contributed by atoms with Crippen molar-refractivity contribution in [3.05, 3.63) is 33.9 Å². The van der Waals surface area contributed by atoms with E-state index in [1.807, 2.05) is 0 Å². The van der Waals surface area contributed by atoms with Crippen LogP contribution < -0.4 is 0 Å². The third kappa shape index (κ3) is 3.38. The fourth-order valence-corrected chi connectivity index (χ4v) is 4.01. The first kappa shape index (κ1) is 15.9. The largest absolute Gasteiger partial charge is 0.301 e. The highest BCUT2D eigenvalue weighted by atomic mass is 35.5. The molecule has 1 aromatic carbocycles. The number of piperidine rings is 1. The second kappa shape index (κ2) is 6.49. The maximum atomic E-state index is 6.80. The predicted molar refractivity (Wildman–Crippen MR) is 88.8 cm³/mol. The van der Waals surface area contributed by atoms with E-state index in [0.29, 0.717) is 0 Å². The summed E-state index contributed by atoms with van der Waals surface area (Å²) < 4.78 is 0. The van der Waals surface area contributed by atoms with Gasteiger partial charge in [-0.1, -0.05) is 13.0 Å². The van der Waals surface area contributed by atoms with E-state index in [2.05, 4.69) is 45.6 Å². The molecule has 2 rings (SSSR count). The van der Waals surface area contributed by atoms with Crippen molar-refractivity contribution in [3.8, 4) is 0 Å². The monoisotopic (exact) mass is 293 g/mol. The standard InChI is InChI=1S/C18H28ClN/c1-12-7-6-8-20(10-12)11-17(19)18-15(4)13(2)9-14(3)16(18)5/h9,12,17H,6-8,10-11H2,1-5H3. The van der Waals surface area contributed by atoms with Crippen LogP contribution >= 0.6 is 11.6 Å². The summed E-state index contributed by atoms with van der Waals surface area (Å²) in [5.41, 5.74) is 6.83. The minimum atomic E-state index is 0.110. The summed E-state index contributed by atoms with van der Waals surface area (Å²) in [6, 6.07) is 2.28. The van der Waals surface area contributed by atoms with Crippen LogP contribution in [0.15, 0.2) is 6.07 Å². The number of alkyl halides is 1. The molecule has 0 bridgehead atoms. The molecule has 1 fully saturated rings. The summed E-state index contributed by atoms with van der Waals surface area (Å²) in [4.78, 5) is 2.54. The van der Waals surface area contributed by atoms with E-state index >= 15 is 0 Å². The Hall–Kier alpha value is -0.530. The first-order chi connectivity index (χ1) is 9.40. The Bertz CT molecular complexity index is 455. The SMILES string of the molecule is Cc1cc(C)c(C)c(C(Cl)CN2CCCC(C)C2)c1C. The van der Waals surface area contributed by atoms with Gasteiger partial charge in [0, 0.05) is 13.1 Å². The molecule has 0 amide bonds. The van der Waals surface area contributed by atoms with Gasteiger partial charge in [-0.05, 0) is 80.8 Å². The topological polar surface area (TPSA) is 3.24 Å². The average molecular weight is 294 g/mol. The van der Waals surface area contributed by atoms with Crippen molar-refractivity contribution < 1.29 is 0 Å². The van der Waals surface area contributed by atoms with Crippen LogP contribution in [0.2, 0.25) is 0 Å². The van der Waals surface area contributed by atoms with Crippen LogP contribution in [0.3, 0.4) is 0 Å². The highest BCUT2D eigenvalue weighted by Gasteiger charge is 2.22. The van der Waals surface area contributed by atoms with Gasteiger partial charge in [-0.15, -0.1) is 11.6 Å². The van der Waals surface area contributed by atoms with Crippen LogP contribution in [-0.2, 0) is 0 Å². The molecule has 2 atom stereocenters. The van der Waals surface area contributed by atoms with E-state index in [4.69, 9.17) is 11.6 Å². The lowest BCUT2D eigenvalue weighted by molar-refractivity contribution is 0.184. The molecule has 1 aliphatic heterocycles. The van der Waals surface area contributed by atoms with Gasteiger partial charge in [0.05, 0.1) is 5.38 Å². The molecule has 0 radical (unpaired) electrons. The molecule has 0 spiro atoms. The van der Waals surface area contributed by atoms with E-state index in [1.165, 1.54) is 53.7 Å². The Labute approximate surface area is 129 Å². The van der Waals surface area contributed by atoms with Gasteiger partial charge < -0.3 is 4.90 Å². The van der Waals surface area contributed by atoms with Crippen LogP contribution in [0.4, 0.5) is 0 Å². The molecular formula is C18H28ClN. The second-order valence-corrected chi connectivity index (χ2v) is 7.18. The number of halogens is 1. The molecule has 2 heteroatoms. The molecule has 20 heavy (non-hydrogen) atoms. The maximum Gasteiger partial charge on any atom is 0.0717 e. The summed E-state index contributed by atoms with van der Waals surface area (Å²) in [7, 11) is 0. The second-order valence-electron chi connectivity index (χ2n) is 6.65. The van der Waals surface area contributed by atoms with Crippen molar-refractivity contribution in [2.45, 2.75) is 52.8 Å². The molecule has 2 unspecified atom stereocenters. The Morgan fingerprint density at radius 1 is 1.20 bits per heavy atom. The van der Waals surface area contributed by atoms with E-state index < -0.39 is 0 Å². The molecule has 1 heterocycles. The number of hydrogen-bond acceptors (Lipinski definition) is 1. The third-order valence-corrected chi connectivity index (χ3v) is 5.25. The minimum absolute atomic E-state index is 0.110. The number of likely N-dealkylation sites (tertiary alicyclic amines) is 1. The summed E-state index contributed by atoms with van der Waals surface area (Å²) in [5, 5.41) is 0.110. The van der Waals surface area contributed by atoms with Gasteiger partial charge in [-0.3, -0.25) is 0 Å². The normalized spacial score (nSPS) is 22.0. The van der Waals surface area contributed by atoms with Gasteiger partial charge in [0.1, 0.15) is 0 Å². The van der Waals surface area contributed by atoms with Crippen molar-refractivity contribution in [2.24, 2.45) is 5.92 Å². The van der Waals surface area contributed by atoms with Gasteiger partial charge in [-0.2, -0.15) is 0 Å².